The molecular formula is C23H25ClN2O. The molecule has 0 fully saturated rings. The quantitative estimate of drug-likeness (QED) is 0.695. The van der Waals surface area contributed by atoms with Gasteiger partial charge < -0.3 is 10.2 Å². The van der Waals surface area contributed by atoms with Crippen molar-refractivity contribution in [2.45, 2.75) is 32.2 Å². The summed E-state index contributed by atoms with van der Waals surface area (Å²) in [7, 11) is 0. The van der Waals surface area contributed by atoms with E-state index >= 15 is 0 Å². The van der Waals surface area contributed by atoms with Crippen molar-refractivity contribution in [2.75, 3.05) is 18.4 Å². The van der Waals surface area contributed by atoms with Crippen molar-refractivity contribution >= 4 is 23.2 Å². The Hall–Kier alpha value is -2.26. The summed E-state index contributed by atoms with van der Waals surface area (Å²) in [4.78, 5) is 14.7. The summed E-state index contributed by atoms with van der Waals surface area (Å²) in [6, 6.07) is 14.3. The molecule has 1 aliphatic carbocycles. The zero-order chi connectivity index (χ0) is 19.0. The number of anilines is 1. The van der Waals surface area contributed by atoms with Crippen LogP contribution in [0.15, 0.2) is 54.6 Å². The summed E-state index contributed by atoms with van der Waals surface area (Å²) in [5.41, 5.74) is 4.24. The Balaban J connectivity index is 1.72. The van der Waals surface area contributed by atoms with E-state index < -0.39 is 0 Å². The third-order valence-corrected chi connectivity index (χ3v) is 6.24. The van der Waals surface area contributed by atoms with Crippen LogP contribution >= 0.6 is 11.6 Å². The highest BCUT2D eigenvalue weighted by Crippen LogP contribution is 2.50. The van der Waals surface area contributed by atoms with Gasteiger partial charge in [0.25, 0.3) is 5.91 Å². The minimum Gasteiger partial charge on any atom is -0.378 e. The van der Waals surface area contributed by atoms with E-state index in [1.807, 2.05) is 43.0 Å². The van der Waals surface area contributed by atoms with E-state index in [1.54, 1.807) is 0 Å². The zero-order valence-electron chi connectivity index (χ0n) is 15.8. The Labute approximate surface area is 166 Å². The standard InChI is InChI=1S/C23H25ClN2O/c1-3-26(4-2)23(27)15-12-13-21-19(14-15)16-9-7-10-17(16)22(25-21)18-8-5-6-11-20(18)24/h5-9,11-14,16-17,22,25H,3-4,10H2,1-2H3. The van der Waals surface area contributed by atoms with E-state index in [4.69, 9.17) is 11.6 Å². The second-order valence-electron chi connectivity index (χ2n) is 7.28. The molecule has 4 rings (SSSR count). The fourth-order valence-electron chi connectivity index (χ4n) is 4.46. The summed E-state index contributed by atoms with van der Waals surface area (Å²) >= 11 is 6.50. The third kappa shape index (κ3) is 3.14. The first-order valence-electron chi connectivity index (χ1n) is 9.74. The molecule has 2 aromatic rings. The molecule has 1 heterocycles. The van der Waals surface area contributed by atoms with Crippen LogP contribution in [0.25, 0.3) is 0 Å². The van der Waals surface area contributed by atoms with Gasteiger partial charge in [0.1, 0.15) is 0 Å². The number of fused-ring (bicyclic) bond motifs is 3. The van der Waals surface area contributed by atoms with Gasteiger partial charge in [-0.2, -0.15) is 0 Å². The lowest BCUT2D eigenvalue weighted by atomic mass is 9.76. The Morgan fingerprint density at radius 3 is 2.67 bits per heavy atom. The SMILES string of the molecule is CCN(CC)C(=O)c1ccc2c(c1)C1C=CCC1C(c1ccccc1Cl)N2. The van der Waals surface area contributed by atoms with Crippen molar-refractivity contribution in [1.29, 1.82) is 0 Å². The van der Waals surface area contributed by atoms with Crippen LogP contribution in [0, 0.1) is 5.92 Å². The van der Waals surface area contributed by atoms with E-state index in [0.717, 1.165) is 41.3 Å². The molecule has 0 aromatic heterocycles. The highest BCUT2D eigenvalue weighted by atomic mass is 35.5. The summed E-state index contributed by atoms with van der Waals surface area (Å²) in [6.45, 7) is 5.49. The Morgan fingerprint density at radius 2 is 1.93 bits per heavy atom. The summed E-state index contributed by atoms with van der Waals surface area (Å²) in [5, 5.41) is 4.50. The van der Waals surface area contributed by atoms with E-state index in [-0.39, 0.29) is 11.9 Å². The predicted octanol–water partition coefficient (Wildman–Crippen LogP) is 5.65. The molecule has 0 saturated heterocycles. The van der Waals surface area contributed by atoms with Crippen molar-refractivity contribution in [3.05, 3.63) is 76.3 Å². The van der Waals surface area contributed by atoms with Crippen molar-refractivity contribution in [3.8, 4) is 0 Å². The number of nitrogens with one attached hydrogen (secondary N) is 1. The fourth-order valence-corrected chi connectivity index (χ4v) is 4.71. The van der Waals surface area contributed by atoms with E-state index in [1.165, 1.54) is 5.56 Å². The monoisotopic (exact) mass is 380 g/mol. The lowest BCUT2D eigenvalue weighted by Crippen LogP contribution is -2.32. The maximum atomic E-state index is 12.8. The van der Waals surface area contributed by atoms with Crippen molar-refractivity contribution in [1.82, 2.24) is 4.90 Å². The smallest absolute Gasteiger partial charge is 0.253 e. The van der Waals surface area contributed by atoms with Gasteiger partial charge in [-0.15, -0.1) is 0 Å². The average molecular weight is 381 g/mol. The second-order valence-corrected chi connectivity index (χ2v) is 7.68. The molecule has 3 atom stereocenters. The van der Waals surface area contributed by atoms with Gasteiger partial charge in [-0.25, -0.2) is 0 Å². The summed E-state index contributed by atoms with van der Waals surface area (Å²) < 4.78 is 0. The molecular weight excluding hydrogens is 356 g/mol. The van der Waals surface area contributed by atoms with Crippen LogP contribution < -0.4 is 5.32 Å². The number of hydrogen-bond donors (Lipinski definition) is 1. The second kappa shape index (κ2) is 7.40. The molecule has 1 aliphatic heterocycles. The van der Waals surface area contributed by atoms with E-state index in [2.05, 4.69) is 35.7 Å². The van der Waals surface area contributed by atoms with Crippen molar-refractivity contribution in [3.63, 3.8) is 0 Å². The van der Waals surface area contributed by atoms with Gasteiger partial charge in [0.05, 0.1) is 6.04 Å². The first-order valence-corrected chi connectivity index (χ1v) is 10.1. The lowest BCUT2D eigenvalue weighted by molar-refractivity contribution is 0.0773. The number of carbonyl (C=O) groups is 1. The molecule has 0 bridgehead atoms. The van der Waals surface area contributed by atoms with Crippen LogP contribution in [-0.2, 0) is 0 Å². The third-order valence-electron chi connectivity index (χ3n) is 5.90. The number of hydrogen-bond acceptors (Lipinski definition) is 2. The largest absolute Gasteiger partial charge is 0.378 e. The topological polar surface area (TPSA) is 32.3 Å². The highest BCUT2D eigenvalue weighted by Gasteiger charge is 2.38. The molecule has 1 N–H and O–H groups in total. The molecule has 2 aromatic carbocycles. The average Bonchev–Trinajstić information content (AvgIpc) is 3.18. The van der Waals surface area contributed by atoms with Gasteiger partial charge in [-0.1, -0.05) is 42.0 Å². The number of carbonyl (C=O) groups excluding carboxylic acids is 1. The summed E-state index contributed by atoms with van der Waals surface area (Å²) in [6.07, 6.45) is 5.57. The van der Waals surface area contributed by atoms with Gasteiger partial charge in [0.15, 0.2) is 0 Å². The molecule has 140 valence electrons. The minimum absolute atomic E-state index is 0.106. The number of amides is 1. The van der Waals surface area contributed by atoms with Crippen LogP contribution in [0.4, 0.5) is 5.69 Å². The molecule has 0 radical (unpaired) electrons. The van der Waals surface area contributed by atoms with Crippen LogP contribution in [-0.4, -0.2) is 23.9 Å². The minimum atomic E-state index is 0.106. The van der Waals surface area contributed by atoms with Gasteiger partial charge in [-0.05, 0) is 61.6 Å². The highest BCUT2D eigenvalue weighted by molar-refractivity contribution is 6.31. The molecule has 4 heteroatoms. The van der Waals surface area contributed by atoms with E-state index in [9.17, 15) is 4.79 Å². The number of nitrogens with zero attached hydrogens (tertiary/aromatic N) is 1. The molecule has 2 aliphatic rings. The van der Waals surface area contributed by atoms with Gasteiger partial charge in [0, 0.05) is 35.3 Å². The van der Waals surface area contributed by atoms with Crippen LogP contribution in [0.2, 0.25) is 5.02 Å². The molecule has 0 saturated carbocycles. The molecule has 3 unspecified atom stereocenters. The van der Waals surface area contributed by atoms with Gasteiger partial charge >= 0.3 is 0 Å². The Bertz CT molecular complexity index is 888. The fraction of sp³-hybridized carbons (Fsp3) is 0.348. The molecule has 0 spiro atoms. The normalized spacial score (nSPS) is 22.7. The van der Waals surface area contributed by atoms with Crippen molar-refractivity contribution < 1.29 is 4.79 Å². The summed E-state index contributed by atoms with van der Waals surface area (Å²) in [5.74, 6) is 0.831. The van der Waals surface area contributed by atoms with Crippen LogP contribution in [0.5, 0.6) is 0 Å². The predicted molar refractivity (Wildman–Crippen MR) is 111 cm³/mol. The maximum Gasteiger partial charge on any atom is 0.253 e. The molecule has 3 nitrogen and oxygen atoms in total. The first kappa shape index (κ1) is 18.1. The molecule has 1 amide bonds. The lowest BCUT2D eigenvalue weighted by Gasteiger charge is -2.38. The van der Waals surface area contributed by atoms with Gasteiger partial charge in [0.2, 0.25) is 0 Å². The Kier molecular flexibility index (Phi) is 4.96. The first-order chi connectivity index (χ1) is 13.1. The zero-order valence-corrected chi connectivity index (χ0v) is 16.5. The van der Waals surface area contributed by atoms with Crippen LogP contribution in [0.3, 0.4) is 0 Å². The Morgan fingerprint density at radius 1 is 1.15 bits per heavy atom. The van der Waals surface area contributed by atoms with Crippen molar-refractivity contribution in [2.24, 2.45) is 5.92 Å². The number of rotatable bonds is 4. The number of allylic oxidation sites excluding steroid dienone is 2. The van der Waals surface area contributed by atoms with Gasteiger partial charge in [-0.3, -0.25) is 4.79 Å². The van der Waals surface area contributed by atoms with Crippen LogP contribution in [0.1, 0.15) is 53.7 Å². The molecule has 27 heavy (non-hydrogen) atoms. The maximum absolute atomic E-state index is 12.8. The number of benzene rings is 2. The number of halogens is 1. The van der Waals surface area contributed by atoms with E-state index in [0.29, 0.717) is 11.8 Å².